The summed E-state index contributed by atoms with van der Waals surface area (Å²) in [4.78, 5) is 9.86. The number of rotatable bonds is 3. The van der Waals surface area contributed by atoms with Crippen LogP contribution in [-0.2, 0) is 0 Å². The van der Waals surface area contributed by atoms with E-state index in [0.717, 1.165) is 5.69 Å². The van der Waals surface area contributed by atoms with Crippen molar-refractivity contribution in [1.82, 2.24) is 5.27 Å². The summed E-state index contributed by atoms with van der Waals surface area (Å²) in [6.45, 7) is 0. The van der Waals surface area contributed by atoms with Gasteiger partial charge in [0.05, 0.1) is 5.29 Å². The number of hydrogen-bond donors (Lipinski definition) is 1. The minimum atomic E-state index is 0.198. The lowest BCUT2D eigenvalue weighted by molar-refractivity contribution is -0.670. The Morgan fingerprint density at radius 2 is 2.14 bits per heavy atom. The van der Waals surface area contributed by atoms with Gasteiger partial charge in [-0.15, -0.1) is 4.91 Å². The minimum absolute atomic E-state index is 0.198. The second-order valence-corrected chi connectivity index (χ2v) is 2.55. The number of anilines is 1. The van der Waals surface area contributed by atoms with E-state index in [1.165, 1.54) is 10.9 Å². The van der Waals surface area contributed by atoms with Crippen LogP contribution in [0.15, 0.2) is 46.3 Å². The van der Waals surface area contributed by atoms with E-state index in [1.807, 2.05) is 30.3 Å². The first kappa shape index (κ1) is 8.36. The van der Waals surface area contributed by atoms with Crippen molar-refractivity contribution < 1.29 is 9.20 Å². The molecule has 0 radical (unpaired) electrons. The zero-order valence-corrected chi connectivity index (χ0v) is 7.12. The van der Waals surface area contributed by atoms with E-state index in [9.17, 15) is 4.91 Å². The molecule has 0 atom stereocenters. The molecule has 70 valence electrons. The van der Waals surface area contributed by atoms with E-state index in [1.54, 1.807) is 0 Å². The zero-order valence-electron chi connectivity index (χ0n) is 7.12. The molecule has 0 spiro atoms. The predicted octanol–water partition coefficient (Wildman–Crippen LogP) is 1.04. The third-order valence-electron chi connectivity index (χ3n) is 1.64. The quantitative estimate of drug-likeness (QED) is 0.447. The van der Waals surface area contributed by atoms with Crippen molar-refractivity contribution in [1.29, 1.82) is 0 Å². The molecular weight excluding hydrogens is 184 g/mol. The van der Waals surface area contributed by atoms with Crippen LogP contribution in [0, 0.1) is 4.91 Å². The van der Waals surface area contributed by atoms with Gasteiger partial charge in [-0.05, 0) is 4.68 Å². The van der Waals surface area contributed by atoms with Crippen LogP contribution in [0.25, 0.3) is 5.69 Å². The molecule has 1 N–H and O–H groups in total. The van der Waals surface area contributed by atoms with Crippen LogP contribution in [0.4, 0.5) is 5.88 Å². The Hall–Kier alpha value is -2.24. The molecule has 1 aromatic heterocycles. The van der Waals surface area contributed by atoms with Crippen molar-refractivity contribution in [2.45, 2.75) is 0 Å². The lowest BCUT2D eigenvalue weighted by atomic mass is 10.3. The Kier molecular flexibility index (Phi) is 2.18. The van der Waals surface area contributed by atoms with Gasteiger partial charge in [-0.2, -0.15) is 0 Å². The van der Waals surface area contributed by atoms with Crippen LogP contribution in [0.1, 0.15) is 0 Å². The van der Waals surface area contributed by atoms with Crippen molar-refractivity contribution in [2.24, 2.45) is 5.29 Å². The van der Waals surface area contributed by atoms with Gasteiger partial charge in [0, 0.05) is 12.1 Å². The lowest BCUT2D eigenvalue weighted by Crippen LogP contribution is -2.31. The molecule has 1 aromatic carbocycles. The number of nitrogens with zero attached hydrogens (tertiary/aromatic N) is 3. The van der Waals surface area contributed by atoms with Gasteiger partial charge in [0.15, 0.2) is 0 Å². The Morgan fingerprint density at radius 3 is 2.86 bits per heavy atom. The zero-order chi connectivity index (χ0) is 9.80. The minimum Gasteiger partial charge on any atom is -0.280 e. The van der Waals surface area contributed by atoms with Crippen molar-refractivity contribution in [2.75, 3.05) is 5.43 Å². The standard InChI is InChI=1S/C8H6N4O2/c13-10-9-8-6-12(11-14-8)7-4-2-1-3-5-7/h1-6H/p+1. The summed E-state index contributed by atoms with van der Waals surface area (Å²) in [5.74, 6) is 0.198. The molecule has 6 heteroatoms. The van der Waals surface area contributed by atoms with Gasteiger partial charge < -0.3 is 0 Å². The van der Waals surface area contributed by atoms with Gasteiger partial charge in [-0.3, -0.25) is 4.52 Å². The van der Waals surface area contributed by atoms with Crippen molar-refractivity contribution in [3.63, 3.8) is 0 Å². The average Bonchev–Trinajstić information content (AvgIpc) is 2.68. The SMILES string of the molecule is O=NNc1c[n+](-c2ccccc2)no1. The number of nitroso groups, excluding NO2 is 1. The van der Waals surface area contributed by atoms with Crippen LogP contribution in [-0.4, -0.2) is 5.27 Å². The first-order valence-electron chi connectivity index (χ1n) is 3.92. The normalized spacial score (nSPS) is 9.71. The van der Waals surface area contributed by atoms with E-state index < -0.39 is 0 Å². The van der Waals surface area contributed by atoms with Gasteiger partial charge in [0.1, 0.15) is 0 Å². The molecule has 0 saturated carbocycles. The molecule has 6 nitrogen and oxygen atoms in total. The Balaban J connectivity index is 2.29. The average molecular weight is 191 g/mol. The smallest absolute Gasteiger partial charge is 0.280 e. The van der Waals surface area contributed by atoms with E-state index in [2.05, 4.69) is 16.0 Å². The third kappa shape index (κ3) is 1.58. The number of para-hydroxylation sites is 1. The number of nitrogens with one attached hydrogen (secondary N) is 1. The first-order valence-corrected chi connectivity index (χ1v) is 3.92. The molecule has 2 aromatic rings. The topological polar surface area (TPSA) is 71.4 Å². The fourth-order valence-electron chi connectivity index (χ4n) is 1.04. The third-order valence-corrected chi connectivity index (χ3v) is 1.64. The molecule has 14 heavy (non-hydrogen) atoms. The summed E-state index contributed by atoms with van der Waals surface area (Å²) in [6.07, 6.45) is 1.52. The fraction of sp³-hybridized carbons (Fsp3) is 0. The highest BCUT2D eigenvalue weighted by molar-refractivity contribution is 5.24. The summed E-state index contributed by atoms with van der Waals surface area (Å²) in [7, 11) is 0. The molecular formula is C8H7N4O2+. The van der Waals surface area contributed by atoms with Gasteiger partial charge >= 0.3 is 5.88 Å². The highest BCUT2D eigenvalue weighted by Crippen LogP contribution is 2.03. The van der Waals surface area contributed by atoms with Crippen LogP contribution >= 0.6 is 0 Å². The monoisotopic (exact) mass is 191 g/mol. The predicted molar refractivity (Wildman–Crippen MR) is 47.5 cm³/mol. The molecule has 0 fully saturated rings. The van der Waals surface area contributed by atoms with E-state index in [0.29, 0.717) is 0 Å². The maximum Gasteiger partial charge on any atom is 0.318 e. The number of hydrogen-bond acceptors (Lipinski definition) is 4. The first-order chi connectivity index (χ1) is 6.90. The fourth-order valence-corrected chi connectivity index (χ4v) is 1.04. The molecule has 1 heterocycles. The van der Waals surface area contributed by atoms with Gasteiger partial charge in [0.25, 0.3) is 6.20 Å². The summed E-state index contributed by atoms with van der Waals surface area (Å²) >= 11 is 0. The molecule has 0 saturated heterocycles. The van der Waals surface area contributed by atoms with Gasteiger partial charge in [0.2, 0.25) is 11.0 Å². The van der Waals surface area contributed by atoms with Crippen LogP contribution in [0.2, 0.25) is 0 Å². The lowest BCUT2D eigenvalue weighted by Gasteiger charge is -1.83. The summed E-state index contributed by atoms with van der Waals surface area (Å²) in [5, 5.41) is 6.15. The molecule has 0 aliphatic carbocycles. The second-order valence-electron chi connectivity index (χ2n) is 2.55. The Morgan fingerprint density at radius 1 is 1.36 bits per heavy atom. The van der Waals surface area contributed by atoms with Crippen molar-refractivity contribution in [3.8, 4) is 5.69 Å². The maximum atomic E-state index is 9.86. The maximum absolute atomic E-state index is 9.86. The second kappa shape index (κ2) is 3.65. The van der Waals surface area contributed by atoms with Crippen molar-refractivity contribution >= 4 is 5.88 Å². The van der Waals surface area contributed by atoms with Gasteiger partial charge in [-0.1, -0.05) is 18.2 Å². The van der Waals surface area contributed by atoms with E-state index in [-0.39, 0.29) is 5.88 Å². The van der Waals surface area contributed by atoms with Crippen LogP contribution < -0.4 is 10.1 Å². The molecule has 0 amide bonds. The molecule has 0 unspecified atom stereocenters. The van der Waals surface area contributed by atoms with E-state index >= 15 is 0 Å². The number of aromatic nitrogens is 2. The largest absolute Gasteiger partial charge is 0.318 e. The van der Waals surface area contributed by atoms with Gasteiger partial charge in [-0.25, -0.2) is 5.43 Å². The molecule has 0 aliphatic rings. The molecule has 0 aliphatic heterocycles. The number of benzene rings is 1. The molecule has 2 rings (SSSR count). The highest BCUT2D eigenvalue weighted by Gasteiger charge is 2.13. The van der Waals surface area contributed by atoms with Crippen molar-refractivity contribution in [3.05, 3.63) is 41.4 Å². The molecule has 0 bridgehead atoms. The Labute approximate surface area is 79.1 Å². The Bertz CT molecular complexity index is 426. The summed E-state index contributed by atoms with van der Waals surface area (Å²) < 4.78 is 6.26. The van der Waals surface area contributed by atoms with Crippen LogP contribution in [0.5, 0.6) is 0 Å². The summed E-state index contributed by atoms with van der Waals surface area (Å²) in [5.41, 5.74) is 2.96. The van der Waals surface area contributed by atoms with Crippen LogP contribution in [0.3, 0.4) is 0 Å². The van der Waals surface area contributed by atoms with E-state index in [4.69, 9.17) is 4.52 Å². The highest BCUT2D eigenvalue weighted by atomic mass is 16.5. The summed E-state index contributed by atoms with van der Waals surface area (Å²) in [6, 6.07) is 9.38.